The molecule has 3 aromatic carbocycles. The number of hydrogen-bond acceptors (Lipinski definition) is 5. The SMILES string of the molecule is CCC(C(=O)NC)N(Cc1ccc(OC)cc1)C(=O)CN(c1ccccc1)S(=O)(=O)c1ccc(C)cc1. The summed E-state index contributed by atoms with van der Waals surface area (Å²) in [5.41, 5.74) is 2.06. The van der Waals surface area contributed by atoms with Crippen molar-refractivity contribution in [3.63, 3.8) is 0 Å². The fourth-order valence-electron chi connectivity index (χ4n) is 3.97. The van der Waals surface area contributed by atoms with Gasteiger partial charge in [-0.25, -0.2) is 8.42 Å². The quantitative estimate of drug-likeness (QED) is 0.413. The number of hydrogen-bond donors (Lipinski definition) is 1. The normalized spacial score (nSPS) is 11.9. The predicted octanol–water partition coefficient (Wildman–Crippen LogP) is 3.75. The molecule has 1 N–H and O–H groups in total. The highest BCUT2D eigenvalue weighted by Crippen LogP contribution is 2.25. The molecule has 0 fully saturated rings. The molecule has 0 bridgehead atoms. The molecule has 0 aliphatic rings. The lowest BCUT2D eigenvalue weighted by molar-refractivity contribution is -0.140. The van der Waals surface area contributed by atoms with Crippen LogP contribution in [0.4, 0.5) is 5.69 Å². The molecule has 0 saturated carbocycles. The molecule has 3 rings (SSSR count). The fourth-order valence-corrected chi connectivity index (χ4v) is 5.39. The van der Waals surface area contributed by atoms with Gasteiger partial charge in [0.15, 0.2) is 0 Å². The Labute approximate surface area is 218 Å². The van der Waals surface area contributed by atoms with Crippen molar-refractivity contribution in [2.45, 2.75) is 37.8 Å². The van der Waals surface area contributed by atoms with Gasteiger partial charge in [0.2, 0.25) is 11.8 Å². The molecule has 0 aliphatic heterocycles. The van der Waals surface area contributed by atoms with Crippen LogP contribution in [0.2, 0.25) is 0 Å². The van der Waals surface area contributed by atoms with E-state index in [0.29, 0.717) is 17.9 Å². The molecule has 1 unspecified atom stereocenters. The summed E-state index contributed by atoms with van der Waals surface area (Å²) >= 11 is 0. The minimum absolute atomic E-state index is 0.0785. The maximum atomic E-state index is 13.8. The number of anilines is 1. The molecule has 9 heteroatoms. The molecular weight excluding hydrogens is 490 g/mol. The van der Waals surface area contributed by atoms with E-state index in [0.717, 1.165) is 15.4 Å². The Balaban J connectivity index is 2.01. The van der Waals surface area contributed by atoms with Gasteiger partial charge in [-0.05, 0) is 55.3 Å². The van der Waals surface area contributed by atoms with Crippen molar-refractivity contribution >= 4 is 27.5 Å². The number of carbonyl (C=O) groups excluding carboxylic acids is 2. The third-order valence-electron chi connectivity index (χ3n) is 6.08. The molecule has 0 saturated heterocycles. The highest BCUT2D eigenvalue weighted by Gasteiger charge is 2.33. The summed E-state index contributed by atoms with van der Waals surface area (Å²) in [6.07, 6.45) is 0.359. The summed E-state index contributed by atoms with van der Waals surface area (Å²) < 4.78 is 33.8. The Morgan fingerprint density at radius 3 is 2.11 bits per heavy atom. The van der Waals surface area contributed by atoms with Crippen LogP contribution in [-0.2, 0) is 26.2 Å². The molecule has 0 radical (unpaired) electrons. The topological polar surface area (TPSA) is 96.0 Å². The molecule has 3 aromatic rings. The number of aryl methyl sites for hydroxylation is 1. The Hall–Kier alpha value is -3.85. The lowest BCUT2D eigenvalue weighted by Crippen LogP contribution is -2.51. The number of ether oxygens (including phenoxy) is 1. The van der Waals surface area contributed by atoms with Crippen LogP contribution in [-0.4, -0.2) is 51.9 Å². The minimum atomic E-state index is -4.07. The molecule has 1 atom stereocenters. The van der Waals surface area contributed by atoms with Gasteiger partial charge < -0.3 is 15.0 Å². The second kappa shape index (κ2) is 12.4. The van der Waals surface area contributed by atoms with Gasteiger partial charge in [0.05, 0.1) is 17.7 Å². The van der Waals surface area contributed by atoms with Crippen molar-refractivity contribution in [1.29, 1.82) is 0 Å². The number of benzene rings is 3. The van der Waals surface area contributed by atoms with E-state index in [2.05, 4.69) is 5.32 Å². The van der Waals surface area contributed by atoms with Crippen LogP contribution < -0.4 is 14.4 Å². The number of amides is 2. The van der Waals surface area contributed by atoms with Gasteiger partial charge in [0, 0.05) is 13.6 Å². The molecule has 2 amide bonds. The summed E-state index contributed by atoms with van der Waals surface area (Å²) in [5, 5.41) is 2.62. The molecule has 0 aliphatic carbocycles. The van der Waals surface area contributed by atoms with E-state index in [1.54, 1.807) is 61.7 Å². The lowest BCUT2D eigenvalue weighted by atomic mass is 10.1. The van der Waals surface area contributed by atoms with E-state index in [4.69, 9.17) is 4.74 Å². The van der Waals surface area contributed by atoms with E-state index >= 15 is 0 Å². The first-order chi connectivity index (χ1) is 17.7. The summed E-state index contributed by atoms with van der Waals surface area (Å²) in [6.45, 7) is 3.34. The number of sulfonamides is 1. The van der Waals surface area contributed by atoms with Crippen LogP contribution in [0.5, 0.6) is 5.75 Å². The summed E-state index contributed by atoms with van der Waals surface area (Å²) in [5.74, 6) is -0.151. The largest absolute Gasteiger partial charge is 0.497 e. The van der Waals surface area contributed by atoms with Crippen molar-refractivity contribution < 1.29 is 22.7 Å². The highest BCUT2D eigenvalue weighted by molar-refractivity contribution is 7.92. The average Bonchev–Trinajstić information content (AvgIpc) is 2.92. The number of nitrogens with one attached hydrogen (secondary N) is 1. The standard InChI is InChI=1S/C28H33N3O5S/c1-5-26(28(33)29-3)30(19-22-13-15-24(36-4)16-14-22)27(32)20-31(23-9-7-6-8-10-23)37(34,35)25-17-11-21(2)12-18-25/h6-18,26H,5,19-20H2,1-4H3,(H,29,33). The van der Waals surface area contributed by atoms with Crippen LogP contribution in [0.15, 0.2) is 83.8 Å². The Morgan fingerprint density at radius 2 is 1.57 bits per heavy atom. The third kappa shape index (κ3) is 6.68. The van der Waals surface area contributed by atoms with E-state index in [1.165, 1.54) is 24.1 Å². The van der Waals surface area contributed by atoms with Crippen molar-refractivity contribution in [3.8, 4) is 5.75 Å². The fraction of sp³-hybridized carbons (Fsp3) is 0.286. The average molecular weight is 524 g/mol. The smallest absolute Gasteiger partial charge is 0.264 e. The number of likely N-dealkylation sites (N-methyl/N-ethyl adjacent to an activating group) is 1. The zero-order chi connectivity index (χ0) is 27.0. The number of carbonyl (C=O) groups is 2. The highest BCUT2D eigenvalue weighted by atomic mass is 32.2. The molecular formula is C28H33N3O5S. The third-order valence-corrected chi connectivity index (χ3v) is 7.86. The summed E-state index contributed by atoms with van der Waals surface area (Å²) in [4.78, 5) is 28.1. The molecule has 0 spiro atoms. The number of methoxy groups -OCH3 is 1. The molecule has 196 valence electrons. The maximum absolute atomic E-state index is 13.8. The summed E-state index contributed by atoms with van der Waals surface area (Å²) in [7, 11) is -0.992. The van der Waals surface area contributed by atoms with Crippen LogP contribution in [0.1, 0.15) is 24.5 Å². The molecule has 0 aromatic heterocycles. The Bertz CT molecular complexity index is 1290. The van der Waals surface area contributed by atoms with E-state index in [9.17, 15) is 18.0 Å². The van der Waals surface area contributed by atoms with Crippen molar-refractivity contribution in [2.75, 3.05) is 25.0 Å². The monoisotopic (exact) mass is 523 g/mol. The van der Waals surface area contributed by atoms with Gasteiger partial charge in [0.25, 0.3) is 10.0 Å². The van der Waals surface area contributed by atoms with Gasteiger partial charge in [-0.15, -0.1) is 0 Å². The van der Waals surface area contributed by atoms with E-state index < -0.39 is 28.5 Å². The molecule has 37 heavy (non-hydrogen) atoms. The second-order valence-corrected chi connectivity index (χ2v) is 10.4. The van der Waals surface area contributed by atoms with Crippen LogP contribution >= 0.6 is 0 Å². The first-order valence-electron chi connectivity index (χ1n) is 12.0. The predicted molar refractivity (Wildman–Crippen MR) is 144 cm³/mol. The number of nitrogens with zero attached hydrogens (tertiary/aromatic N) is 2. The van der Waals surface area contributed by atoms with Gasteiger partial charge in [0.1, 0.15) is 18.3 Å². The second-order valence-electron chi connectivity index (χ2n) is 8.57. The molecule has 8 nitrogen and oxygen atoms in total. The zero-order valence-electron chi connectivity index (χ0n) is 21.5. The Kier molecular flexibility index (Phi) is 9.30. The number of para-hydroxylation sites is 1. The Morgan fingerprint density at radius 1 is 0.946 bits per heavy atom. The minimum Gasteiger partial charge on any atom is -0.497 e. The van der Waals surface area contributed by atoms with E-state index in [1.807, 2.05) is 26.0 Å². The summed E-state index contributed by atoms with van der Waals surface area (Å²) in [6, 6.07) is 21.4. The zero-order valence-corrected chi connectivity index (χ0v) is 22.4. The van der Waals surface area contributed by atoms with Crippen molar-refractivity contribution in [3.05, 3.63) is 90.0 Å². The van der Waals surface area contributed by atoms with Gasteiger partial charge >= 0.3 is 0 Å². The van der Waals surface area contributed by atoms with Crippen molar-refractivity contribution in [1.82, 2.24) is 10.2 Å². The van der Waals surface area contributed by atoms with E-state index in [-0.39, 0.29) is 17.3 Å². The maximum Gasteiger partial charge on any atom is 0.264 e. The molecule has 0 heterocycles. The first kappa shape index (κ1) is 27.7. The van der Waals surface area contributed by atoms with Crippen LogP contribution in [0.25, 0.3) is 0 Å². The first-order valence-corrected chi connectivity index (χ1v) is 13.4. The lowest BCUT2D eigenvalue weighted by Gasteiger charge is -2.33. The van der Waals surface area contributed by atoms with Gasteiger partial charge in [-0.3, -0.25) is 13.9 Å². The van der Waals surface area contributed by atoms with Crippen LogP contribution in [0.3, 0.4) is 0 Å². The number of rotatable bonds is 11. The van der Waals surface area contributed by atoms with Gasteiger partial charge in [-0.2, -0.15) is 0 Å². The van der Waals surface area contributed by atoms with Gasteiger partial charge in [-0.1, -0.05) is 55.0 Å². The van der Waals surface area contributed by atoms with Crippen molar-refractivity contribution in [2.24, 2.45) is 0 Å². The van der Waals surface area contributed by atoms with Crippen LogP contribution in [0, 0.1) is 6.92 Å².